The van der Waals surface area contributed by atoms with Crippen molar-refractivity contribution in [2.45, 2.75) is 61.3 Å². The molecule has 0 radical (unpaired) electrons. The normalized spacial score (nSPS) is 11.0. The maximum atomic E-state index is 12.6. The highest BCUT2D eigenvalue weighted by Crippen LogP contribution is 2.30. The van der Waals surface area contributed by atoms with Gasteiger partial charge in [0, 0.05) is 12.6 Å². The van der Waals surface area contributed by atoms with E-state index in [1.54, 1.807) is 26.4 Å². The van der Waals surface area contributed by atoms with E-state index in [1.807, 2.05) is 71.9 Å². The van der Waals surface area contributed by atoms with Crippen LogP contribution in [0, 0.1) is 41.5 Å². The van der Waals surface area contributed by atoms with Crippen LogP contribution < -0.4 is 24.3 Å². The van der Waals surface area contributed by atoms with Crippen molar-refractivity contribution in [1.29, 1.82) is 0 Å². The summed E-state index contributed by atoms with van der Waals surface area (Å²) in [7, 11) is 3.16. The van der Waals surface area contributed by atoms with E-state index in [4.69, 9.17) is 18.9 Å². The van der Waals surface area contributed by atoms with Crippen LogP contribution in [-0.2, 0) is 24.6 Å². The Morgan fingerprint density at radius 3 is 1.80 bits per heavy atom. The number of nitrogens with zero attached hydrogens (tertiary/aromatic N) is 4. The standard InChI is InChI=1S/C34H39N5O5/c1-20-22(3)38-28(24(5)36-20)18-43-31-13-10-27(16-32(31)42-8)17-35-34(40)14-11-26-9-12-30(41-7)33(15-26)44-19-29-25(6)37-21(2)23(4)39-29/h9-16H,17-19H2,1-8H3,(H,35,40)/b14-11+. The number of ether oxygens (including phenoxy) is 4. The zero-order valence-corrected chi connectivity index (χ0v) is 26.6. The molecule has 0 aliphatic heterocycles. The number of rotatable bonds is 12. The Kier molecular flexibility index (Phi) is 10.5. The third-order valence-corrected chi connectivity index (χ3v) is 7.20. The third kappa shape index (κ3) is 8.09. The van der Waals surface area contributed by atoms with Crippen LogP contribution in [0.15, 0.2) is 42.5 Å². The van der Waals surface area contributed by atoms with Gasteiger partial charge in [-0.25, -0.2) is 0 Å². The number of nitrogens with one attached hydrogen (secondary N) is 1. The van der Waals surface area contributed by atoms with E-state index in [9.17, 15) is 4.79 Å². The lowest BCUT2D eigenvalue weighted by Gasteiger charge is -2.14. The molecular weight excluding hydrogens is 558 g/mol. The van der Waals surface area contributed by atoms with Gasteiger partial charge in [0.1, 0.15) is 13.2 Å². The summed E-state index contributed by atoms with van der Waals surface area (Å²) in [4.78, 5) is 30.9. The number of hydrogen-bond donors (Lipinski definition) is 1. The molecule has 2 aromatic carbocycles. The molecule has 0 bridgehead atoms. The number of aromatic nitrogens is 4. The summed E-state index contributed by atoms with van der Waals surface area (Å²) in [6.07, 6.45) is 3.20. The fourth-order valence-electron chi connectivity index (χ4n) is 4.36. The van der Waals surface area contributed by atoms with E-state index in [0.717, 1.165) is 56.7 Å². The van der Waals surface area contributed by atoms with Gasteiger partial charge in [0.2, 0.25) is 5.91 Å². The molecule has 0 saturated heterocycles. The molecular formula is C34H39N5O5. The van der Waals surface area contributed by atoms with E-state index in [0.29, 0.717) is 29.5 Å². The van der Waals surface area contributed by atoms with Crippen molar-refractivity contribution in [3.8, 4) is 23.0 Å². The summed E-state index contributed by atoms with van der Waals surface area (Å²) in [6, 6.07) is 11.0. The van der Waals surface area contributed by atoms with Gasteiger partial charge in [-0.3, -0.25) is 24.7 Å². The monoisotopic (exact) mass is 597 g/mol. The lowest BCUT2D eigenvalue weighted by molar-refractivity contribution is -0.116. The third-order valence-electron chi connectivity index (χ3n) is 7.20. The van der Waals surface area contributed by atoms with Gasteiger partial charge in [0.05, 0.1) is 59.8 Å². The minimum atomic E-state index is -0.243. The molecule has 0 aliphatic rings. The minimum Gasteiger partial charge on any atom is -0.493 e. The Bertz CT molecular complexity index is 1690. The molecule has 0 atom stereocenters. The molecule has 230 valence electrons. The number of methoxy groups -OCH3 is 2. The van der Waals surface area contributed by atoms with E-state index in [2.05, 4.69) is 25.3 Å². The average Bonchev–Trinajstić information content (AvgIpc) is 3.01. The summed E-state index contributed by atoms with van der Waals surface area (Å²) < 4.78 is 23.0. The second-order valence-electron chi connectivity index (χ2n) is 10.4. The minimum absolute atomic E-state index is 0.243. The van der Waals surface area contributed by atoms with Crippen molar-refractivity contribution in [3.63, 3.8) is 0 Å². The van der Waals surface area contributed by atoms with Crippen LogP contribution in [-0.4, -0.2) is 40.1 Å². The lowest BCUT2D eigenvalue weighted by Crippen LogP contribution is -2.20. The van der Waals surface area contributed by atoms with Gasteiger partial charge < -0.3 is 24.3 Å². The van der Waals surface area contributed by atoms with Crippen molar-refractivity contribution < 1.29 is 23.7 Å². The van der Waals surface area contributed by atoms with Crippen LogP contribution in [0.3, 0.4) is 0 Å². The summed E-state index contributed by atoms with van der Waals surface area (Å²) in [6.45, 7) is 12.4. The van der Waals surface area contributed by atoms with Gasteiger partial charge in [0.25, 0.3) is 0 Å². The first kappa shape index (κ1) is 31.9. The molecule has 10 nitrogen and oxygen atoms in total. The van der Waals surface area contributed by atoms with Crippen LogP contribution in [0.5, 0.6) is 23.0 Å². The number of benzene rings is 2. The molecule has 0 spiro atoms. The highest BCUT2D eigenvalue weighted by atomic mass is 16.5. The molecule has 2 aromatic heterocycles. The topological polar surface area (TPSA) is 118 Å². The van der Waals surface area contributed by atoms with Crippen molar-refractivity contribution in [2.75, 3.05) is 14.2 Å². The lowest BCUT2D eigenvalue weighted by atomic mass is 10.1. The van der Waals surface area contributed by atoms with Gasteiger partial charge >= 0.3 is 0 Å². The van der Waals surface area contributed by atoms with E-state index < -0.39 is 0 Å². The van der Waals surface area contributed by atoms with Gasteiger partial charge in [-0.2, -0.15) is 0 Å². The second-order valence-corrected chi connectivity index (χ2v) is 10.4. The van der Waals surface area contributed by atoms with Crippen molar-refractivity contribution in [2.24, 2.45) is 0 Å². The van der Waals surface area contributed by atoms with Crippen LogP contribution in [0.2, 0.25) is 0 Å². The molecule has 4 rings (SSSR count). The average molecular weight is 598 g/mol. The van der Waals surface area contributed by atoms with Crippen LogP contribution in [0.4, 0.5) is 0 Å². The van der Waals surface area contributed by atoms with E-state index in [1.165, 1.54) is 6.08 Å². The van der Waals surface area contributed by atoms with Crippen molar-refractivity contribution in [1.82, 2.24) is 25.3 Å². The molecule has 4 aromatic rings. The highest BCUT2D eigenvalue weighted by molar-refractivity contribution is 5.91. The smallest absolute Gasteiger partial charge is 0.244 e. The molecule has 0 aliphatic carbocycles. The first-order chi connectivity index (χ1) is 21.1. The Labute approximate surface area is 258 Å². The highest BCUT2D eigenvalue weighted by Gasteiger charge is 2.12. The van der Waals surface area contributed by atoms with Crippen LogP contribution >= 0.6 is 0 Å². The molecule has 44 heavy (non-hydrogen) atoms. The maximum Gasteiger partial charge on any atom is 0.244 e. The van der Waals surface area contributed by atoms with E-state index >= 15 is 0 Å². The number of aryl methyl sites for hydroxylation is 6. The van der Waals surface area contributed by atoms with Crippen LogP contribution in [0.25, 0.3) is 6.08 Å². The summed E-state index contributed by atoms with van der Waals surface area (Å²) in [5.74, 6) is 2.03. The number of carbonyl (C=O) groups is 1. The zero-order valence-electron chi connectivity index (χ0n) is 26.6. The fourth-order valence-corrected chi connectivity index (χ4v) is 4.36. The molecule has 1 N–H and O–H groups in total. The number of amides is 1. The second kappa shape index (κ2) is 14.5. The van der Waals surface area contributed by atoms with Gasteiger partial charge in [0.15, 0.2) is 23.0 Å². The van der Waals surface area contributed by atoms with Gasteiger partial charge in [-0.05, 0) is 83.0 Å². The molecule has 1 amide bonds. The summed E-state index contributed by atoms with van der Waals surface area (Å²) in [5, 5.41) is 2.91. The Morgan fingerprint density at radius 1 is 0.659 bits per heavy atom. The molecule has 0 saturated carbocycles. The van der Waals surface area contributed by atoms with Gasteiger partial charge in [-0.1, -0.05) is 12.1 Å². The number of carbonyl (C=O) groups excluding carboxylic acids is 1. The molecule has 0 fully saturated rings. The van der Waals surface area contributed by atoms with E-state index in [-0.39, 0.29) is 19.1 Å². The zero-order chi connectivity index (χ0) is 31.8. The maximum absolute atomic E-state index is 12.6. The van der Waals surface area contributed by atoms with Crippen molar-refractivity contribution in [3.05, 3.63) is 99.2 Å². The van der Waals surface area contributed by atoms with Gasteiger partial charge in [-0.15, -0.1) is 0 Å². The summed E-state index contributed by atoms with van der Waals surface area (Å²) >= 11 is 0. The predicted molar refractivity (Wildman–Crippen MR) is 168 cm³/mol. The van der Waals surface area contributed by atoms with Crippen molar-refractivity contribution >= 4 is 12.0 Å². The Balaban J connectivity index is 1.35. The summed E-state index contributed by atoms with van der Waals surface area (Å²) in [5.41, 5.74) is 8.38. The first-order valence-corrected chi connectivity index (χ1v) is 14.3. The molecule has 10 heteroatoms. The van der Waals surface area contributed by atoms with Crippen LogP contribution in [0.1, 0.15) is 56.7 Å². The fraction of sp³-hybridized carbons (Fsp3) is 0.324. The quantitative estimate of drug-likeness (QED) is 0.208. The first-order valence-electron chi connectivity index (χ1n) is 14.3. The largest absolute Gasteiger partial charge is 0.493 e. The predicted octanol–water partition coefficient (Wildman–Crippen LogP) is 5.62. The Morgan fingerprint density at radius 2 is 1.20 bits per heavy atom. The molecule has 2 heterocycles. The Hall–Kier alpha value is -4.99. The number of hydrogen-bond acceptors (Lipinski definition) is 9. The SMILES string of the molecule is COc1cc(CNC(=O)/C=C/c2ccc(OC)c(OCc3nc(C)c(C)nc3C)c2)ccc1OCc1nc(C)c(C)nc1C. The molecule has 0 unspecified atom stereocenters.